The zero-order valence-corrected chi connectivity index (χ0v) is 13.9. The van der Waals surface area contributed by atoms with Crippen LogP contribution in [0, 0.1) is 0 Å². The second kappa shape index (κ2) is 7.90. The third-order valence-electron chi connectivity index (χ3n) is 4.40. The van der Waals surface area contributed by atoms with Crippen molar-refractivity contribution in [1.82, 2.24) is 14.7 Å². The van der Waals surface area contributed by atoms with E-state index >= 15 is 0 Å². The number of benzene rings is 1. The second-order valence-electron chi connectivity index (χ2n) is 6.26. The van der Waals surface area contributed by atoms with E-state index < -0.39 is 0 Å². The summed E-state index contributed by atoms with van der Waals surface area (Å²) in [5, 5.41) is 4.31. The number of hydrogen-bond donors (Lipinski definition) is 0. The summed E-state index contributed by atoms with van der Waals surface area (Å²) in [5.41, 5.74) is 1.15. The van der Waals surface area contributed by atoms with Crippen LogP contribution in [0.5, 0.6) is 0 Å². The molecule has 24 heavy (non-hydrogen) atoms. The van der Waals surface area contributed by atoms with Gasteiger partial charge in [-0.1, -0.05) is 49.6 Å². The topological polar surface area (TPSA) is 55.2 Å². The Balaban J connectivity index is 1.79. The van der Waals surface area contributed by atoms with E-state index in [9.17, 15) is 9.59 Å². The normalized spacial score (nSPS) is 15.6. The van der Waals surface area contributed by atoms with Crippen molar-refractivity contribution in [3.05, 3.63) is 64.1 Å². The van der Waals surface area contributed by atoms with Gasteiger partial charge in [-0.25, -0.2) is 4.68 Å². The van der Waals surface area contributed by atoms with Crippen molar-refractivity contribution in [2.45, 2.75) is 38.6 Å². The largest absolute Gasteiger partial charge is 0.337 e. The van der Waals surface area contributed by atoms with Crippen LogP contribution >= 0.6 is 0 Å². The minimum atomic E-state index is -0.192. The lowest BCUT2D eigenvalue weighted by molar-refractivity contribution is 0.0733. The van der Waals surface area contributed by atoms with Gasteiger partial charge in [0.05, 0.1) is 6.54 Å². The maximum absolute atomic E-state index is 12.7. The average molecular weight is 325 g/mol. The van der Waals surface area contributed by atoms with Gasteiger partial charge >= 0.3 is 0 Å². The standard InChI is InChI=1S/C19H23N3O2/c23-18-12-11-17(19(24)21-13-7-2-1-3-8-14-21)20-22(18)15-16-9-5-4-6-10-16/h4-6,9-12H,1-3,7-8,13-15H2. The van der Waals surface area contributed by atoms with Crippen molar-refractivity contribution in [2.75, 3.05) is 13.1 Å². The highest BCUT2D eigenvalue weighted by Gasteiger charge is 2.18. The molecule has 0 saturated carbocycles. The molecule has 2 heterocycles. The van der Waals surface area contributed by atoms with Crippen LogP contribution in [0.2, 0.25) is 0 Å². The van der Waals surface area contributed by atoms with Crippen LogP contribution in [0.25, 0.3) is 0 Å². The summed E-state index contributed by atoms with van der Waals surface area (Å²) in [6, 6.07) is 12.7. The fraction of sp³-hybridized carbons (Fsp3) is 0.421. The Morgan fingerprint density at radius 1 is 0.917 bits per heavy atom. The van der Waals surface area contributed by atoms with Crippen LogP contribution in [0.4, 0.5) is 0 Å². The van der Waals surface area contributed by atoms with E-state index in [0.29, 0.717) is 12.2 Å². The highest BCUT2D eigenvalue weighted by Crippen LogP contribution is 2.12. The Morgan fingerprint density at radius 3 is 2.29 bits per heavy atom. The summed E-state index contributed by atoms with van der Waals surface area (Å²) < 4.78 is 1.37. The van der Waals surface area contributed by atoms with Gasteiger partial charge < -0.3 is 4.90 Å². The molecule has 0 aliphatic carbocycles. The molecule has 1 aliphatic heterocycles. The van der Waals surface area contributed by atoms with Gasteiger partial charge in [0.1, 0.15) is 5.69 Å². The summed E-state index contributed by atoms with van der Waals surface area (Å²) >= 11 is 0. The molecule has 0 spiro atoms. The van der Waals surface area contributed by atoms with Gasteiger partial charge in [-0.05, 0) is 24.5 Å². The smallest absolute Gasteiger partial charge is 0.274 e. The molecule has 126 valence electrons. The van der Waals surface area contributed by atoms with Gasteiger partial charge in [-0.15, -0.1) is 0 Å². The highest BCUT2D eigenvalue weighted by molar-refractivity contribution is 5.92. The van der Waals surface area contributed by atoms with Crippen molar-refractivity contribution >= 4 is 5.91 Å². The number of likely N-dealkylation sites (tertiary alicyclic amines) is 1. The molecule has 0 radical (unpaired) electrons. The fourth-order valence-corrected chi connectivity index (χ4v) is 3.05. The third-order valence-corrected chi connectivity index (χ3v) is 4.40. The van der Waals surface area contributed by atoms with E-state index in [1.165, 1.54) is 30.0 Å². The van der Waals surface area contributed by atoms with Crippen molar-refractivity contribution in [1.29, 1.82) is 0 Å². The van der Waals surface area contributed by atoms with E-state index in [4.69, 9.17) is 0 Å². The minimum absolute atomic E-state index is 0.0706. The number of hydrogen-bond acceptors (Lipinski definition) is 3. The summed E-state index contributed by atoms with van der Waals surface area (Å²) in [4.78, 5) is 26.7. The highest BCUT2D eigenvalue weighted by atomic mass is 16.2. The van der Waals surface area contributed by atoms with Crippen molar-refractivity contribution < 1.29 is 4.79 Å². The van der Waals surface area contributed by atoms with E-state index in [0.717, 1.165) is 31.5 Å². The zero-order chi connectivity index (χ0) is 16.8. The Bertz CT molecular complexity index is 732. The molecule has 1 amide bonds. The second-order valence-corrected chi connectivity index (χ2v) is 6.26. The van der Waals surface area contributed by atoms with E-state index in [-0.39, 0.29) is 11.5 Å². The molecule has 2 aromatic rings. The fourth-order valence-electron chi connectivity index (χ4n) is 3.05. The Labute approximate surface area is 141 Å². The molecule has 0 N–H and O–H groups in total. The first-order chi connectivity index (χ1) is 11.7. The number of nitrogens with zero attached hydrogens (tertiary/aromatic N) is 3. The molecule has 0 atom stereocenters. The van der Waals surface area contributed by atoms with Gasteiger partial charge in [0.2, 0.25) is 0 Å². The van der Waals surface area contributed by atoms with Crippen LogP contribution < -0.4 is 5.56 Å². The lowest BCUT2D eigenvalue weighted by atomic mass is 10.1. The van der Waals surface area contributed by atoms with Gasteiger partial charge in [-0.3, -0.25) is 9.59 Å². The Morgan fingerprint density at radius 2 is 1.58 bits per heavy atom. The molecular formula is C19H23N3O2. The van der Waals surface area contributed by atoms with Gasteiger partial charge in [0.25, 0.3) is 11.5 Å². The first kappa shape index (κ1) is 16.4. The molecule has 1 aromatic carbocycles. The predicted molar refractivity (Wildman–Crippen MR) is 93.0 cm³/mol. The van der Waals surface area contributed by atoms with Crippen LogP contribution in [0.1, 0.15) is 48.2 Å². The Hall–Kier alpha value is -2.43. The molecule has 1 fully saturated rings. The number of carbonyl (C=O) groups excluding carboxylic acids is 1. The monoisotopic (exact) mass is 325 g/mol. The average Bonchev–Trinajstić information content (AvgIpc) is 2.57. The maximum Gasteiger partial charge on any atom is 0.274 e. The van der Waals surface area contributed by atoms with Crippen LogP contribution in [-0.4, -0.2) is 33.7 Å². The van der Waals surface area contributed by atoms with Crippen molar-refractivity contribution in [3.63, 3.8) is 0 Å². The molecule has 3 rings (SSSR count). The lowest BCUT2D eigenvalue weighted by Gasteiger charge is -2.24. The van der Waals surface area contributed by atoms with E-state index in [1.807, 2.05) is 35.2 Å². The third kappa shape index (κ3) is 4.10. The number of carbonyl (C=O) groups is 1. The molecule has 0 unspecified atom stereocenters. The molecule has 0 bridgehead atoms. The van der Waals surface area contributed by atoms with E-state index in [1.54, 1.807) is 6.07 Å². The molecule has 5 heteroatoms. The number of amides is 1. The summed E-state index contributed by atoms with van der Waals surface area (Å²) in [6.07, 6.45) is 5.67. The van der Waals surface area contributed by atoms with Crippen LogP contribution in [-0.2, 0) is 6.54 Å². The van der Waals surface area contributed by atoms with Crippen LogP contribution in [0.15, 0.2) is 47.3 Å². The van der Waals surface area contributed by atoms with Crippen LogP contribution in [0.3, 0.4) is 0 Å². The molecule has 1 saturated heterocycles. The zero-order valence-electron chi connectivity index (χ0n) is 13.9. The first-order valence-electron chi connectivity index (χ1n) is 8.65. The number of aromatic nitrogens is 2. The SMILES string of the molecule is O=C(c1ccc(=O)n(Cc2ccccc2)n1)N1CCCCCCC1. The maximum atomic E-state index is 12.7. The predicted octanol–water partition coefficient (Wildman–Crippen LogP) is 2.70. The quantitative estimate of drug-likeness (QED) is 0.872. The van der Waals surface area contributed by atoms with Crippen molar-refractivity contribution in [2.24, 2.45) is 0 Å². The summed E-state index contributed by atoms with van der Waals surface area (Å²) in [7, 11) is 0. The first-order valence-corrected chi connectivity index (χ1v) is 8.65. The van der Waals surface area contributed by atoms with E-state index in [2.05, 4.69) is 5.10 Å². The number of rotatable bonds is 3. The molecular weight excluding hydrogens is 302 g/mol. The molecule has 1 aliphatic rings. The summed E-state index contributed by atoms with van der Waals surface area (Å²) in [6.45, 7) is 1.93. The van der Waals surface area contributed by atoms with Gasteiger partial charge in [-0.2, -0.15) is 5.10 Å². The Kier molecular flexibility index (Phi) is 5.41. The van der Waals surface area contributed by atoms with Gasteiger partial charge in [0, 0.05) is 19.2 Å². The van der Waals surface area contributed by atoms with Crippen molar-refractivity contribution in [3.8, 4) is 0 Å². The molecule has 1 aromatic heterocycles. The minimum Gasteiger partial charge on any atom is -0.337 e. The molecule has 5 nitrogen and oxygen atoms in total. The summed E-state index contributed by atoms with van der Waals surface area (Å²) in [5.74, 6) is -0.0706. The van der Waals surface area contributed by atoms with Gasteiger partial charge in [0.15, 0.2) is 0 Å². The lowest BCUT2D eigenvalue weighted by Crippen LogP contribution is -2.36.